The van der Waals surface area contributed by atoms with Gasteiger partial charge in [0, 0.05) is 0 Å². The van der Waals surface area contributed by atoms with Crippen molar-refractivity contribution in [3.05, 3.63) is 95.1 Å². The van der Waals surface area contributed by atoms with Gasteiger partial charge >= 0.3 is 12.1 Å². The van der Waals surface area contributed by atoms with Crippen LogP contribution in [0.1, 0.15) is 27.0 Å². The van der Waals surface area contributed by atoms with Crippen LogP contribution in [0, 0.1) is 0 Å². The summed E-state index contributed by atoms with van der Waals surface area (Å²) < 4.78 is 66.5. The maximum absolute atomic E-state index is 12.9. The van der Waals surface area contributed by atoms with E-state index in [1.54, 1.807) is 30.3 Å². The highest BCUT2D eigenvalue weighted by Crippen LogP contribution is 2.31. The van der Waals surface area contributed by atoms with Crippen LogP contribution in [0.25, 0.3) is 0 Å². The minimum Gasteiger partial charge on any atom is -0.478 e. The number of halogens is 3. The molecule has 9 heteroatoms. The van der Waals surface area contributed by atoms with Gasteiger partial charge in [0.1, 0.15) is 0 Å². The molecule has 0 atom stereocenters. The molecule has 5 nitrogen and oxygen atoms in total. The zero-order valence-electron chi connectivity index (χ0n) is 16.1. The molecule has 3 aromatic carbocycles. The molecule has 31 heavy (non-hydrogen) atoms. The molecule has 0 radical (unpaired) electrons. The minimum absolute atomic E-state index is 0.165. The summed E-state index contributed by atoms with van der Waals surface area (Å²) >= 11 is 0. The van der Waals surface area contributed by atoms with Crippen molar-refractivity contribution in [2.45, 2.75) is 23.9 Å². The van der Waals surface area contributed by atoms with Crippen LogP contribution in [-0.4, -0.2) is 19.5 Å². The summed E-state index contributed by atoms with van der Waals surface area (Å²) in [5, 5.41) is 8.96. The van der Waals surface area contributed by atoms with Crippen LogP contribution in [0.4, 0.5) is 18.9 Å². The van der Waals surface area contributed by atoms with Crippen molar-refractivity contribution in [3.63, 3.8) is 0 Å². The predicted octanol–water partition coefficient (Wildman–Crippen LogP) is 4.99. The monoisotopic (exact) mass is 449 g/mol. The fourth-order valence-corrected chi connectivity index (χ4v) is 4.12. The van der Waals surface area contributed by atoms with Gasteiger partial charge in [-0.1, -0.05) is 36.4 Å². The third kappa shape index (κ3) is 5.64. The first-order chi connectivity index (χ1) is 14.6. The summed E-state index contributed by atoms with van der Waals surface area (Å²) in [6, 6.07) is 16.5. The van der Waals surface area contributed by atoms with E-state index in [4.69, 9.17) is 5.11 Å². The first kappa shape index (κ1) is 22.4. The van der Waals surface area contributed by atoms with Gasteiger partial charge in [-0.3, -0.25) is 4.72 Å². The Kier molecular flexibility index (Phi) is 6.35. The van der Waals surface area contributed by atoms with Crippen LogP contribution in [0.3, 0.4) is 0 Å². The Hall–Kier alpha value is -3.33. The van der Waals surface area contributed by atoms with E-state index < -0.39 is 32.6 Å². The van der Waals surface area contributed by atoms with Gasteiger partial charge in [0.25, 0.3) is 10.0 Å². The molecule has 0 amide bonds. The molecule has 0 aromatic heterocycles. The molecule has 0 fully saturated rings. The second-order valence-electron chi connectivity index (χ2n) is 6.79. The van der Waals surface area contributed by atoms with E-state index in [0.717, 1.165) is 23.8 Å². The number of hydrogen-bond donors (Lipinski definition) is 2. The average Bonchev–Trinajstić information content (AvgIpc) is 2.72. The topological polar surface area (TPSA) is 83.5 Å². The Morgan fingerprint density at radius 3 is 2.23 bits per heavy atom. The van der Waals surface area contributed by atoms with Crippen LogP contribution in [-0.2, 0) is 29.0 Å². The van der Waals surface area contributed by atoms with E-state index in [2.05, 4.69) is 4.72 Å². The number of hydrogen-bond acceptors (Lipinski definition) is 3. The average molecular weight is 449 g/mol. The highest BCUT2D eigenvalue weighted by atomic mass is 32.2. The molecule has 3 aromatic rings. The van der Waals surface area contributed by atoms with Crippen molar-refractivity contribution in [3.8, 4) is 0 Å². The van der Waals surface area contributed by atoms with Crippen LogP contribution in [0.2, 0.25) is 0 Å². The quantitative estimate of drug-likeness (QED) is 0.532. The maximum Gasteiger partial charge on any atom is 0.416 e. The lowest BCUT2D eigenvalue weighted by atomic mass is 10.0. The molecule has 2 N–H and O–H groups in total. The smallest absolute Gasteiger partial charge is 0.416 e. The second kappa shape index (κ2) is 8.81. The number of nitrogens with one attached hydrogen (secondary N) is 1. The number of anilines is 1. The fourth-order valence-electron chi connectivity index (χ4n) is 2.97. The molecule has 0 aliphatic rings. The Labute approximate surface area is 177 Å². The molecule has 0 saturated carbocycles. The van der Waals surface area contributed by atoms with Gasteiger partial charge in [0.15, 0.2) is 0 Å². The second-order valence-corrected chi connectivity index (χ2v) is 8.47. The van der Waals surface area contributed by atoms with Crippen LogP contribution >= 0.6 is 0 Å². The summed E-state index contributed by atoms with van der Waals surface area (Å²) in [5.74, 6) is -1.03. The number of aromatic carboxylic acids is 1. The normalized spacial score (nSPS) is 11.8. The predicted molar refractivity (Wildman–Crippen MR) is 110 cm³/mol. The number of alkyl halides is 3. The number of carboxylic acids is 1. The first-order valence-electron chi connectivity index (χ1n) is 9.16. The Bertz CT molecular complexity index is 1190. The Morgan fingerprint density at radius 1 is 0.903 bits per heavy atom. The summed E-state index contributed by atoms with van der Waals surface area (Å²) in [6.45, 7) is 0. The lowest BCUT2D eigenvalue weighted by Gasteiger charge is -2.14. The zero-order chi connectivity index (χ0) is 22.6. The molecule has 0 saturated heterocycles. The standard InChI is InChI=1S/C22H18F3NO4S/c23-22(24,25)18-5-3-6-19(14-18)31(29,30)26-20-7-2-1-4-16(20)11-8-15-9-12-17(13-10-15)21(27)28/h1-7,9-10,12-14,26H,8,11H2,(H,27,28). The van der Waals surface area contributed by atoms with Crippen molar-refractivity contribution >= 4 is 21.7 Å². The highest BCUT2D eigenvalue weighted by Gasteiger charge is 2.31. The number of benzene rings is 3. The van der Waals surface area contributed by atoms with Crippen LogP contribution in [0.5, 0.6) is 0 Å². The molecule has 0 aliphatic heterocycles. The van der Waals surface area contributed by atoms with E-state index in [-0.39, 0.29) is 11.3 Å². The van der Waals surface area contributed by atoms with Gasteiger partial charge in [-0.25, -0.2) is 13.2 Å². The molecular weight excluding hydrogens is 431 g/mol. The molecule has 0 heterocycles. The number of carbonyl (C=O) groups is 1. The van der Waals surface area contributed by atoms with Crippen molar-refractivity contribution in [2.24, 2.45) is 0 Å². The number of carboxylic acid groups (broad SMARTS) is 1. The van der Waals surface area contributed by atoms with E-state index in [9.17, 15) is 26.4 Å². The van der Waals surface area contributed by atoms with Crippen molar-refractivity contribution in [1.29, 1.82) is 0 Å². The van der Waals surface area contributed by atoms with Gasteiger partial charge in [0.2, 0.25) is 0 Å². The van der Waals surface area contributed by atoms with Gasteiger partial charge in [-0.2, -0.15) is 13.2 Å². The SMILES string of the molecule is O=C(O)c1ccc(CCc2ccccc2NS(=O)(=O)c2cccc(C(F)(F)F)c2)cc1. The lowest BCUT2D eigenvalue weighted by molar-refractivity contribution is -0.137. The molecule has 0 spiro atoms. The summed E-state index contributed by atoms with van der Waals surface area (Å²) in [5.41, 5.74) is 0.898. The molecule has 162 valence electrons. The summed E-state index contributed by atoms with van der Waals surface area (Å²) in [4.78, 5) is 10.4. The fraction of sp³-hybridized carbons (Fsp3) is 0.136. The third-order valence-corrected chi connectivity index (χ3v) is 5.98. The van der Waals surface area contributed by atoms with E-state index in [1.807, 2.05) is 0 Å². The van der Waals surface area contributed by atoms with Gasteiger partial charge in [-0.05, 0) is 60.4 Å². The molecule has 0 bridgehead atoms. The maximum atomic E-state index is 12.9. The number of sulfonamides is 1. The molecule has 3 rings (SSSR count). The van der Waals surface area contributed by atoms with Crippen molar-refractivity contribution in [1.82, 2.24) is 0 Å². The van der Waals surface area contributed by atoms with E-state index in [1.165, 1.54) is 18.2 Å². The number of aryl methyl sites for hydroxylation is 2. The van der Waals surface area contributed by atoms with E-state index in [0.29, 0.717) is 24.5 Å². The molecular formula is C22H18F3NO4S. The van der Waals surface area contributed by atoms with Crippen LogP contribution < -0.4 is 4.72 Å². The molecule has 0 unspecified atom stereocenters. The number of rotatable bonds is 7. The lowest BCUT2D eigenvalue weighted by Crippen LogP contribution is -2.15. The Morgan fingerprint density at radius 2 is 1.58 bits per heavy atom. The highest BCUT2D eigenvalue weighted by molar-refractivity contribution is 7.92. The van der Waals surface area contributed by atoms with Crippen molar-refractivity contribution < 1.29 is 31.5 Å². The zero-order valence-corrected chi connectivity index (χ0v) is 16.9. The largest absolute Gasteiger partial charge is 0.478 e. The van der Waals surface area contributed by atoms with Crippen molar-refractivity contribution in [2.75, 3.05) is 4.72 Å². The summed E-state index contributed by atoms with van der Waals surface area (Å²) in [6.07, 6.45) is -3.70. The minimum atomic E-state index is -4.65. The Balaban J connectivity index is 1.79. The van der Waals surface area contributed by atoms with Gasteiger partial charge in [0.05, 0.1) is 21.7 Å². The molecule has 0 aliphatic carbocycles. The van der Waals surface area contributed by atoms with E-state index >= 15 is 0 Å². The van der Waals surface area contributed by atoms with Crippen LogP contribution in [0.15, 0.2) is 77.7 Å². The third-order valence-electron chi connectivity index (χ3n) is 4.62. The summed E-state index contributed by atoms with van der Waals surface area (Å²) in [7, 11) is -4.23. The van der Waals surface area contributed by atoms with Gasteiger partial charge in [-0.15, -0.1) is 0 Å². The van der Waals surface area contributed by atoms with Gasteiger partial charge < -0.3 is 5.11 Å². The first-order valence-corrected chi connectivity index (χ1v) is 10.6. The number of para-hydroxylation sites is 1.